The van der Waals surface area contributed by atoms with Gasteiger partial charge in [-0.2, -0.15) is 0 Å². The Bertz CT molecular complexity index is 403. The summed E-state index contributed by atoms with van der Waals surface area (Å²) in [5.41, 5.74) is -1.09. The fourth-order valence-corrected chi connectivity index (χ4v) is 1.76. The molecule has 0 atom stereocenters. The summed E-state index contributed by atoms with van der Waals surface area (Å²) >= 11 is 8.32. The van der Waals surface area contributed by atoms with Crippen LogP contribution >= 0.6 is 27.5 Å². The van der Waals surface area contributed by atoms with Crippen LogP contribution in [0.4, 0.5) is 14.5 Å². The summed E-state index contributed by atoms with van der Waals surface area (Å²) in [5, 5.41) is 10.5. The fourth-order valence-electron chi connectivity index (χ4n) is 0.922. The quantitative estimate of drug-likeness (QED) is 0.488. The fraction of sp³-hybridized carbons (Fsp3) is 0.286. The van der Waals surface area contributed by atoms with Gasteiger partial charge in [-0.3, -0.25) is 10.1 Å². The van der Waals surface area contributed by atoms with Gasteiger partial charge in [0.2, 0.25) is 0 Å². The Balaban J connectivity index is 3.38. The average molecular weight is 301 g/mol. The van der Waals surface area contributed by atoms with Crippen LogP contribution in [0.15, 0.2) is 10.5 Å². The number of nitro groups is 1. The molecule has 1 aromatic rings. The molecule has 82 valence electrons. The highest BCUT2D eigenvalue weighted by molar-refractivity contribution is 9.10. The molecule has 0 aliphatic heterocycles. The average Bonchev–Trinajstić information content (AvgIpc) is 2.17. The second-order valence-electron chi connectivity index (χ2n) is 2.52. The topological polar surface area (TPSA) is 56.0 Å². The molecule has 0 saturated carbocycles. The predicted molar refractivity (Wildman–Crippen MR) is 53.1 cm³/mol. The van der Waals surface area contributed by atoms with E-state index in [0.29, 0.717) is 0 Å². The normalized spacial score (nSPS) is 10.7. The van der Waals surface area contributed by atoms with Crippen molar-refractivity contribution in [3.05, 3.63) is 32.0 Å². The minimum atomic E-state index is -2.86. The first-order valence-corrected chi connectivity index (χ1v) is 4.98. The lowest BCUT2D eigenvalue weighted by molar-refractivity contribution is -0.385. The van der Waals surface area contributed by atoms with Gasteiger partial charge in [-0.25, -0.2) is 13.8 Å². The van der Waals surface area contributed by atoms with Gasteiger partial charge in [-0.1, -0.05) is 0 Å². The van der Waals surface area contributed by atoms with Crippen LogP contribution in [0, 0.1) is 10.1 Å². The number of halogens is 4. The second kappa shape index (κ2) is 4.80. The smallest absolute Gasteiger partial charge is 0.258 e. The third-order valence-corrected chi connectivity index (χ3v) is 2.69. The molecule has 0 saturated heterocycles. The molecule has 0 aromatic carbocycles. The Labute approximate surface area is 96.5 Å². The molecule has 4 nitrogen and oxygen atoms in total. The van der Waals surface area contributed by atoms with Crippen molar-refractivity contribution in [3.63, 3.8) is 0 Å². The first-order chi connectivity index (χ1) is 6.97. The summed E-state index contributed by atoms with van der Waals surface area (Å²) < 4.78 is 24.7. The predicted octanol–water partition coefficient (Wildman–Crippen LogP) is 3.43. The highest BCUT2D eigenvalue weighted by Crippen LogP contribution is 2.31. The van der Waals surface area contributed by atoms with Crippen LogP contribution < -0.4 is 0 Å². The first-order valence-electron chi connectivity index (χ1n) is 3.65. The number of hydrogen-bond acceptors (Lipinski definition) is 3. The van der Waals surface area contributed by atoms with Crippen LogP contribution in [0.5, 0.6) is 0 Å². The molecule has 0 unspecified atom stereocenters. The number of hydrogen-bond donors (Lipinski definition) is 0. The van der Waals surface area contributed by atoms with Gasteiger partial charge in [0, 0.05) is 6.07 Å². The van der Waals surface area contributed by atoms with Gasteiger partial charge >= 0.3 is 0 Å². The number of aromatic nitrogens is 1. The first kappa shape index (κ1) is 12.3. The van der Waals surface area contributed by atoms with Crippen molar-refractivity contribution in [2.75, 3.05) is 0 Å². The van der Waals surface area contributed by atoms with E-state index in [1.165, 1.54) is 0 Å². The number of alkyl halides is 3. The highest BCUT2D eigenvalue weighted by Gasteiger charge is 2.22. The van der Waals surface area contributed by atoms with E-state index in [-0.39, 0.29) is 16.0 Å². The maximum atomic E-state index is 12.3. The van der Waals surface area contributed by atoms with E-state index in [2.05, 4.69) is 20.9 Å². The summed E-state index contributed by atoms with van der Waals surface area (Å²) in [7, 11) is 0. The van der Waals surface area contributed by atoms with Crippen molar-refractivity contribution in [2.24, 2.45) is 0 Å². The van der Waals surface area contributed by atoms with E-state index < -0.39 is 22.7 Å². The van der Waals surface area contributed by atoms with Crippen molar-refractivity contribution in [1.29, 1.82) is 0 Å². The molecule has 0 aliphatic carbocycles. The molecule has 8 heteroatoms. The molecule has 0 radical (unpaired) electrons. The molecule has 0 aliphatic rings. The highest BCUT2D eigenvalue weighted by atomic mass is 79.9. The zero-order valence-electron chi connectivity index (χ0n) is 7.08. The van der Waals surface area contributed by atoms with E-state index in [1.54, 1.807) is 0 Å². The number of rotatable bonds is 3. The Kier molecular flexibility index (Phi) is 3.92. The lowest BCUT2D eigenvalue weighted by Crippen LogP contribution is -2.00. The van der Waals surface area contributed by atoms with Crippen LogP contribution in [0.2, 0.25) is 0 Å². The van der Waals surface area contributed by atoms with Gasteiger partial charge in [0.25, 0.3) is 12.1 Å². The van der Waals surface area contributed by atoms with E-state index in [0.717, 1.165) is 6.07 Å². The Hall–Kier alpha value is -0.820. The maximum Gasteiger partial charge on any atom is 0.287 e. The molecule has 1 heterocycles. The lowest BCUT2D eigenvalue weighted by Gasteiger charge is -2.04. The van der Waals surface area contributed by atoms with Gasteiger partial charge < -0.3 is 0 Å². The lowest BCUT2D eigenvalue weighted by atomic mass is 10.3. The van der Waals surface area contributed by atoms with Crippen LogP contribution in [0.3, 0.4) is 0 Å². The molecular formula is C7H4BrClF2N2O2. The summed E-state index contributed by atoms with van der Waals surface area (Å²) in [6, 6.07) is 0.727. The molecule has 0 N–H and O–H groups in total. The molecule has 1 aromatic heterocycles. The molecule has 15 heavy (non-hydrogen) atoms. The van der Waals surface area contributed by atoms with E-state index in [9.17, 15) is 18.9 Å². The third kappa shape index (κ3) is 2.60. The third-order valence-electron chi connectivity index (χ3n) is 1.57. The summed E-state index contributed by atoms with van der Waals surface area (Å²) in [4.78, 5) is 13.3. The van der Waals surface area contributed by atoms with Crippen molar-refractivity contribution >= 4 is 33.2 Å². The zero-order chi connectivity index (χ0) is 11.6. The van der Waals surface area contributed by atoms with Crippen molar-refractivity contribution in [1.82, 2.24) is 4.98 Å². The summed E-state index contributed by atoms with van der Waals surface area (Å²) in [6.07, 6.45) is -2.86. The largest absolute Gasteiger partial charge is 0.287 e. The minimum absolute atomic E-state index is 0.0289. The van der Waals surface area contributed by atoms with Gasteiger partial charge in [-0.05, 0) is 15.9 Å². The van der Waals surface area contributed by atoms with Crippen LogP contribution in [0.1, 0.15) is 17.8 Å². The van der Waals surface area contributed by atoms with Crippen LogP contribution in [-0.4, -0.2) is 9.91 Å². The van der Waals surface area contributed by atoms with E-state index in [4.69, 9.17) is 11.6 Å². The SMILES string of the molecule is O=[N+]([O-])c1cc(C(F)F)nc(CCl)c1Br. The second-order valence-corrected chi connectivity index (χ2v) is 3.58. The van der Waals surface area contributed by atoms with Gasteiger partial charge in [0.15, 0.2) is 0 Å². The molecule has 0 spiro atoms. The Morgan fingerprint density at radius 2 is 2.27 bits per heavy atom. The van der Waals surface area contributed by atoms with Gasteiger partial charge in [0.1, 0.15) is 10.2 Å². The van der Waals surface area contributed by atoms with E-state index in [1.807, 2.05) is 0 Å². The van der Waals surface area contributed by atoms with Crippen molar-refractivity contribution in [2.45, 2.75) is 12.3 Å². The Morgan fingerprint density at radius 3 is 2.67 bits per heavy atom. The molecule has 0 bridgehead atoms. The zero-order valence-corrected chi connectivity index (χ0v) is 9.43. The standard InChI is InChI=1S/C7H4BrClF2N2O2/c8-6-4(2-9)12-3(7(10)11)1-5(6)13(14)15/h1,7H,2H2. The molecule has 1 rings (SSSR count). The van der Waals surface area contributed by atoms with Crippen LogP contribution in [0.25, 0.3) is 0 Å². The summed E-state index contributed by atoms with van der Waals surface area (Å²) in [6.45, 7) is 0. The minimum Gasteiger partial charge on any atom is -0.258 e. The number of nitrogens with zero attached hydrogens (tertiary/aromatic N) is 2. The van der Waals surface area contributed by atoms with Gasteiger partial charge in [-0.15, -0.1) is 11.6 Å². The van der Waals surface area contributed by atoms with E-state index >= 15 is 0 Å². The Morgan fingerprint density at radius 1 is 1.67 bits per heavy atom. The molecular weight excluding hydrogens is 297 g/mol. The van der Waals surface area contributed by atoms with Crippen molar-refractivity contribution < 1.29 is 13.7 Å². The van der Waals surface area contributed by atoms with Crippen molar-refractivity contribution in [3.8, 4) is 0 Å². The molecule has 0 amide bonds. The molecule has 0 fully saturated rings. The summed E-state index contributed by atoms with van der Waals surface area (Å²) in [5.74, 6) is -0.179. The number of pyridine rings is 1. The van der Waals surface area contributed by atoms with Gasteiger partial charge in [0.05, 0.1) is 16.5 Å². The maximum absolute atomic E-state index is 12.3. The van der Waals surface area contributed by atoms with Crippen LogP contribution in [-0.2, 0) is 5.88 Å². The monoisotopic (exact) mass is 300 g/mol.